The standard InChI is InChI=1S/C19H20N2O5/c1-22-15-6-5-11(7-14(15)20)13-10-21-26-18(13)12-8-16(23-2)19(25-4)17(9-12)24-3/h5-10H,20H2,1-4H3/p+1. The van der Waals surface area contributed by atoms with E-state index in [4.69, 9.17) is 29.2 Å². The molecule has 0 atom stereocenters. The van der Waals surface area contributed by atoms with E-state index in [0.29, 0.717) is 34.4 Å². The highest BCUT2D eigenvalue weighted by Gasteiger charge is 2.22. The first-order valence-electron chi connectivity index (χ1n) is 7.87. The maximum absolute atomic E-state index is 6.03. The van der Waals surface area contributed by atoms with Crippen LogP contribution in [0.3, 0.4) is 0 Å². The van der Waals surface area contributed by atoms with Crippen molar-refractivity contribution in [1.82, 2.24) is 0 Å². The van der Waals surface area contributed by atoms with Crippen LogP contribution in [0.2, 0.25) is 0 Å². The maximum Gasteiger partial charge on any atom is 0.225 e. The molecule has 3 aromatic rings. The molecule has 0 spiro atoms. The van der Waals surface area contributed by atoms with E-state index < -0.39 is 0 Å². The number of benzene rings is 2. The van der Waals surface area contributed by atoms with Crippen molar-refractivity contribution >= 4 is 5.69 Å². The van der Waals surface area contributed by atoms with Crippen molar-refractivity contribution < 1.29 is 28.6 Å². The normalized spacial score (nSPS) is 10.5. The number of hydrogen-bond donors (Lipinski definition) is 1. The zero-order valence-corrected chi connectivity index (χ0v) is 15.1. The van der Waals surface area contributed by atoms with Gasteiger partial charge in [0.05, 0.1) is 34.1 Å². The summed E-state index contributed by atoms with van der Waals surface area (Å²) in [4.78, 5) is 0. The zero-order valence-electron chi connectivity index (χ0n) is 15.1. The first-order chi connectivity index (χ1) is 12.6. The molecule has 0 amide bonds. The van der Waals surface area contributed by atoms with Crippen molar-refractivity contribution in [2.24, 2.45) is 0 Å². The Morgan fingerprint density at radius 3 is 2.00 bits per heavy atom. The molecule has 3 N–H and O–H groups in total. The molecule has 1 heterocycles. The van der Waals surface area contributed by atoms with E-state index in [9.17, 15) is 0 Å². The van der Waals surface area contributed by atoms with Crippen LogP contribution in [0.25, 0.3) is 22.5 Å². The summed E-state index contributed by atoms with van der Waals surface area (Å²) in [5, 5.41) is 2.79. The van der Waals surface area contributed by atoms with Crippen molar-refractivity contribution in [2.75, 3.05) is 34.2 Å². The lowest BCUT2D eigenvalue weighted by Crippen LogP contribution is -1.96. The number of ether oxygens (including phenoxy) is 4. The molecular weight excluding hydrogens is 336 g/mol. The highest BCUT2D eigenvalue weighted by atomic mass is 16.5. The van der Waals surface area contributed by atoms with Crippen LogP contribution in [-0.2, 0) is 0 Å². The van der Waals surface area contributed by atoms with Crippen LogP contribution in [0.5, 0.6) is 23.0 Å². The van der Waals surface area contributed by atoms with Crippen LogP contribution in [0.1, 0.15) is 0 Å². The molecule has 0 radical (unpaired) electrons. The second kappa shape index (κ2) is 7.26. The van der Waals surface area contributed by atoms with Gasteiger partial charge in [-0.15, -0.1) is 0 Å². The molecule has 0 aliphatic heterocycles. The molecule has 0 saturated carbocycles. The summed E-state index contributed by atoms with van der Waals surface area (Å²) in [5.41, 5.74) is 9.07. The van der Waals surface area contributed by atoms with E-state index in [-0.39, 0.29) is 0 Å². The molecular formula is C19H21N2O5+. The Kier molecular flexibility index (Phi) is 4.88. The van der Waals surface area contributed by atoms with Crippen molar-refractivity contribution in [2.45, 2.75) is 0 Å². The number of rotatable bonds is 6. The van der Waals surface area contributed by atoms with Crippen molar-refractivity contribution in [1.29, 1.82) is 0 Å². The van der Waals surface area contributed by atoms with Gasteiger partial charge in [0.15, 0.2) is 11.5 Å². The zero-order chi connectivity index (χ0) is 18.7. The van der Waals surface area contributed by atoms with E-state index in [1.807, 2.05) is 30.3 Å². The first-order valence-corrected chi connectivity index (χ1v) is 7.87. The van der Waals surface area contributed by atoms with Crippen LogP contribution >= 0.6 is 0 Å². The van der Waals surface area contributed by atoms with E-state index in [1.54, 1.807) is 34.6 Å². The van der Waals surface area contributed by atoms with Gasteiger partial charge >= 0.3 is 0 Å². The maximum atomic E-state index is 6.03. The molecule has 3 rings (SSSR count). The number of aromatic nitrogens is 1. The van der Waals surface area contributed by atoms with Gasteiger partial charge < -0.3 is 24.7 Å². The minimum atomic E-state index is 0.518. The molecule has 0 saturated heterocycles. The van der Waals surface area contributed by atoms with Gasteiger partial charge in [-0.2, -0.15) is 0 Å². The van der Waals surface area contributed by atoms with Gasteiger partial charge in [-0.25, -0.2) is 4.52 Å². The Balaban J connectivity index is 2.13. The molecule has 2 aromatic carbocycles. The molecule has 136 valence electrons. The number of nitrogens with two attached hydrogens (primary N) is 1. The van der Waals surface area contributed by atoms with Gasteiger partial charge in [-0.3, -0.25) is 0 Å². The van der Waals surface area contributed by atoms with Crippen molar-refractivity contribution in [3.8, 4) is 45.4 Å². The van der Waals surface area contributed by atoms with Crippen molar-refractivity contribution in [3.63, 3.8) is 0 Å². The lowest BCUT2D eigenvalue weighted by Gasteiger charge is -2.13. The fourth-order valence-corrected chi connectivity index (χ4v) is 2.81. The molecule has 7 heteroatoms. The molecule has 7 nitrogen and oxygen atoms in total. The minimum Gasteiger partial charge on any atom is -0.495 e. The van der Waals surface area contributed by atoms with Gasteiger partial charge in [-0.1, -0.05) is 6.07 Å². The number of H-pyrrole nitrogens is 1. The van der Waals surface area contributed by atoms with Crippen LogP contribution < -0.4 is 29.8 Å². The first kappa shape index (κ1) is 17.5. The summed E-state index contributed by atoms with van der Waals surface area (Å²) in [5.74, 6) is 2.84. The molecule has 0 unspecified atom stereocenters. The number of nitrogens with one attached hydrogen (secondary N) is 1. The lowest BCUT2D eigenvalue weighted by atomic mass is 10.0. The number of methoxy groups -OCH3 is 4. The van der Waals surface area contributed by atoms with Crippen LogP contribution in [0.4, 0.5) is 5.69 Å². The Hall–Kier alpha value is -3.35. The fraction of sp³-hybridized carbons (Fsp3) is 0.211. The molecule has 0 aliphatic carbocycles. The van der Waals surface area contributed by atoms with Crippen LogP contribution in [0, 0.1) is 0 Å². The largest absolute Gasteiger partial charge is 0.495 e. The molecule has 0 aliphatic rings. The predicted octanol–water partition coefficient (Wildman–Crippen LogP) is 3.04. The SMILES string of the molecule is COc1ccc(-c2c[nH+]oc2-c2cc(OC)c(OC)c(OC)c2)cc1N. The Morgan fingerprint density at radius 1 is 0.808 bits per heavy atom. The van der Waals surface area contributed by atoms with Gasteiger partial charge in [0, 0.05) is 5.56 Å². The predicted molar refractivity (Wildman–Crippen MR) is 96.8 cm³/mol. The Morgan fingerprint density at radius 2 is 1.46 bits per heavy atom. The highest BCUT2D eigenvalue weighted by Crippen LogP contribution is 2.43. The molecule has 1 aromatic heterocycles. The number of hydrogen-bond acceptors (Lipinski definition) is 6. The lowest BCUT2D eigenvalue weighted by molar-refractivity contribution is -0.606. The van der Waals surface area contributed by atoms with Gasteiger partial charge in [0.2, 0.25) is 17.7 Å². The van der Waals surface area contributed by atoms with E-state index >= 15 is 0 Å². The Labute approximate surface area is 151 Å². The summed E-state index contributed by atoms with van der Waals surface area (Å²) in [7, 11) is 6.28. The number of nitrogen functional groups attached to an aromatic ring is 1. The molecule has 26 heavy (non-hydrogen) atoms. The van der Waals surface area contributed by atoms with Crippen LogP contribution in [-0.4, -0.2) is 28.4 Å². The second-order valence-corrected chi connectivity index (χ2v) is 5.48. The van der Waals surface area contributed by atoms with Gasteiger partial charge in [0.25, 0.3) is 0 Å². The van der Waals surface area contributed by atoms with Crippen LogP contribution in [0.15, 0.2) is 41.1 Å². The average Bonchev–Trinajstić information content (AvgIpc) is 3.16. The quantitative estimate of drug-likeness (QED) is 0.682. The fourth-order valence-electron chi connectivity index (χ4n) is 2.81. The van der Waals surface area contributed by atoms with Gasteiger partial charge in [0.1, 0.15) is 11.3 Å². The topological polar surface area (TPSA) is 90.2 Å². The summed E-state index contributed by atoms with van der Waals surface area (Å²) in [6.45, 7) is 0. The Bertz CT molecular complexity index is 895. The average molecular weight is 357 g/mol. The second-order valence-electron chi connectivity index (χ2n) is 5.48. The van der Waals surface area contributed by atoms with Gasteiger partial charge in [-0.05, 0) is 35.0 Å². The monoisotopic (exact) mass is 357 g/mol. The third-order valence-electron chi connectivity index (χ3n) is 4.08. The molecule has 0 bridgehead atoms. The smallest absolute Gasteiger partial charge is 0.225 e. The highest BCUT2D eigenvalue weighted by molar-refractivity contribution is 5.82. The third kappa shape index (κ3) is 2.99. The summed E-state index contributed by atoms with van der Waals surface area (Å²) in [6, 6.07) is 9.21. The summed E-state index contributed by atoms with van der Waals surface area (Å²) in [6.07, 6.45) is 1.76. The van der Waals surface area contributed by atoms with E-state index in [0.717, 1.165) is 16.7 Å². The summed E-state index contributed by atoms with van der Waals surface area (Å²) >= 11 is 0. The number of anilines is 1. The number of aromatic amines is 1. The van der Waals surface area contributed by atoms with E-state index in [1.165, 1.54) is 0 Å². The molecule has 0 fully saturated rings. The third-order valence-corrected chi connectivity index (χ3v) is 4.08. The minimum absolute atomic E-state index is 0.518. The summed E-state index contributed by atoms with van der Waals surface area (Å²) < 4.78 is 27.0. The van der Waals surface area contributed by atoms with E-state index in [2.05, 4.69) is 5.16 Å². The van der Waals surface area contributed by atoms with Crippen molar-refractivity contribution in [3.05, 3.63) is 36.5 Å².